The van der Waals surface area contributed by atoms with Gasteiger partial charge in [0.15, 0.2) is 5.13 Å². The first-order valence-corrected chi connectivity index (χ1v) is 7.38. The van der Waals surface area contributed by atoms with Gasteiger partial charge in [-0.3, -0.25) is 10.1 Å². The maximum absolute atomic E-state index is 12.2. The number of amides is 1. The lowest BCUT2D eigenvalue weighted by Gasteiger charge is -2.12. The van der Waals surface area contributed by atoms with Crippen molar-refractivity contribution in [3.8, 4) is 0 Å². The van der Waals surface area contributed by atoms with Crippen LogP contribution in [0.5, 0.6) is 0 Å². The van der Waals surface area contributed by atoms with Crippen LogP contribution in [0.25, 0.3) is 0 Å². The Morgan fingerprint density at radius 3 is 2.89 bits per heavy atom. The third-order valence-electron chi connectivity index (χ3n) is 2.84. The molecule has 0 saturated heterocycles. The van der Waals surface area contributed by atoms with Crippen molar-refractivity contribution in [3.63, 3.8) is 0 Å². The van der Waals surface area contributed by atoms with Crippen molar-refractivity contribution >= 4 is 39.5 Å². The molecule has 0 unspecified atom stereocenters. The largest absolute Gasteiger partial charge is 0.298 e. The zero-order chi connectivity index (χ0) is 14.0. The Bertz CT molecular complexity index is 582. The molecule has 0 atom stereocenters. The molecular formula is C14H16N2OS2. The molecule has 0 fully saturated rings. The van der Waals surface area contributed by atoms with Crippen molar-refractivity contribution in [3.05, 3.63) is 34.4 Å². The quantitative estimate of drug-likeness (QED) is 0.860. The number of carbonyl (C=O) groups is 1. The lowest BCUT2D eigenvalue weighted by molar-refractivity contribution is -0.112. The van der Waals surface area contributed by atoms with E-state index in [4.69, 9.17) is 12.2 Å². The zero-order valence-corrected chi connectivity index (χ0v) is 12.8. The lowest BCUT2D eigenvalue weighted by Crippen LogP contribution is -2.20. The maximum atomic E-state index is 12.2. The number of aromatic nitrogens is 1. The van der Waals surface area contributed by atoms with E-state index in [2.05, 4.69) is 24.1 Å². The van der Waals surface area contributed by atoms with Crippen LogP contribution >= 0.6 is 23.6 Å². The molecule has 0 radical (unpaired) electrons. The Hall–Kier alpha value is -1.33. The molecule has 3 nitrogen and oxygen atoms in total. The SMILES string of the molecule is CC1=CCC(=S)C(C(=O)Nc2ncc(C(C)C)s2)=C1. The highest BCUT2D eigenvalue weighted by Gasteiger charge is 2.18. The van der Waals surface area contributed by atoms with Crippen LogP contribution in [0.4, 0.5) is 5.13 Å². The van der Waals surface area contributed by atoms with Crippen LogP contribution in [-0.2, 0) is 4.79 Å². The number of carbonyl (C=O) groups excluding carboxylic acids is 1. The normalized spacial score (nSPS) is 15.3. The summed E-state index contributed by atoms with van der Waals surface area (Å²) in [6, 6.07) is 0. The van der Waals surface area contributed by atoms with Crippen molar-refractivity contribution in [2.75, 3.05) is 5.32 Å². The van der Waals surface area contributed by atoms with Crippen LogP contribution in [0, 0.1) is 0 Å². The molecule has 1 aliphatic carbocycles. The van der Waals surface area contributed by atoms with Crippen molar-refractivity contribution < 1.29 is 4.79 Å². The molecule has 0 aliphatic heterocycles. The van der Waals surface area contributed by atoms with Gasteiger partial charge in [-0.25, -0.2) is 4.98 Å². The van der Waals surface area contributed by atoms with Crippen molar-refractivity contribution in [1.29, 1.82) is 0 Å². The highest BCUT2D eigenvalue weighted by Crippen LogP contribution is 2.26. The minimum atomic E-state index is -0.165. The fourth-order valence-corrected chi connectivity index (χ4v) is 2.75. The van der Waals surface area contributed by atoms with Gasteiger partial charge in [0.2, 0.25) is 0 Å². The number of thiocarbonyl (C=S) groups is 1. The van der Waals surface area contributed by atoms with Gasteiger partial charge < -0.3 is 0 Å². The number of nitrogens with zero attached hydrogens (tertiary/aromatic N) is 1. The molecule has 1 aromatic heterocycles. The predicted molar refractivity (Wildman–Crippen MR) is 83.9 cm³/mol. The van der Waals surface area contributed by atoms with Crippen LogP contribution < -0.4 is 5.32 Å². The molecular weight excluding hydrogens is 276 g/mol. The minimum absolute atomic E-state index is 0.165. The van der Waals surface area contributed by atoms with Gasteiger partial charge in [0, 0.05) is 22.4 Å². The molecule has 100 valence electrons. The summed E-state index contributed by atoms with van der Waals surface area (Å²) < 4.78 is 0. The summed E-state index contributed by atoms with van der Waals surface area (Å²) in [5, 5.41) is 3.45. The standard InChI is InChI=1S/C14H16N2OS2/c1-8(2)12-7-15-14(19-12)16-13(17)10-6-9(3)4-5-11(10)18/h4,6-8H,5H2,1-3H3,(H,15,16,17). The van der Waals surface area contributed by atoms with Crippen molar-refractivity contribution in [2.24, 2.45) is 0 Å². The molecule has 2 rings (SSSR count). The lowest BCUT2D eigenvalue weighted by atomic mass is 9.99. The molecule has 1 aromatic rings. The number of nitrogens with one attached hydrogen (secondary N) is 1. The summed E-state index contributed by atoms with van der Waals surface area (Å²) >= 11 is 6.74. The third-order valence-corrected chi connectivity index (χ3v) is 4.44. The van der Waals surface area contributed by atoms with E-state index in [-0.39, 0.29) is 5.91 Å². The summed E-state index contributed by atoms with van der Waals surface area (Å²) in [6.07, 6.45) is 6.33. The fourth-order valence-electron chi connectivity index (χ4n) is 1.70. The van der Waals surface area contributed by atoms with Crippen molar-refractivity contribution in [1.82, 2.24) is 4.98 Å². The van der Waals surface area contributed by atoms with E-state index in [0.717, 1.165) is 10.5 Å². The topological polar surface area (TPSA) is 42.0 Å². The van der Waals surface area contributed by atoms with E-state index in [9.17, 15) is 4.79 Å². The van der Waals surface area contributed by atoms with E-state index >= 15 is 0 Å². The number of allylic oxidation sites excluding steroid dienone is 3. The number of anilines is 1. The Morgan fingerprint density at radius 2 is 2.26 bits per heavy atom. The molecule has 1 N–H and O–H groups in total. The van der Waals surface area contributed by atoms with E-state index in [0.29, 0.717) is 27.9 Å². The number of rotatable bonds is 3. The van der Waals surface area contributed by atoms with Crippen LogP contribution in [0.3, 0.4) is 0 Å². The Morgan fingerprint density at radius 1 is 1.53 bits per heavy atom. The molecule has 5 heteroatoms. The van der Waals surface area contributed by atoms with Crippen LogP contribution in [0.15, 0.2) is 29.5 Å². The first-order chi connectivity index (χ1) is 8.97. The second kappa shape index (κ2) is 5.75. The van der Waals surface area contributed by atoms with Gasteiger partial charge in [-0.15, -0.1) is 11.3 Å². The summed E-state index contributed by atoms with van der Waals surface area (Å²) in [7, 11) is 0. The van der Waals surface area contributed by atoms with Gasteiger partial charge in [-0.2, -0.15) is 0 Å². The van der Waals surface area contributed by atoms with Gasteiger partial charge in [0.25, 0.3) is 5.91 Å². The Kier molecular flexibility index (Phi) is 4.27. The van der Waals surface area contributed by atoms with Gasteiger partial charge in [-0.05, 0) is 18.9 Å². The zero-order valence-electron chi connectivity index (χ0n) is 11.2. The molecule has 1 heterocycles. The average molecular weight is 292 g/mol. The monoisotopic (exact) mass is 292 g/mol. The molecule has 0 aromatic carbocycles. The Labute approximate surface area is 122 Å². The first-order valence-electron chi connectivity index (χ1n) is 6.16. The number of hydrogen-bond acceptors (Lipinski definition) is 4. The molecule has 0 saturated carbocycles. The average Bonchev–Trinajstić information content (AvgIpc) is 2.80. The molecule has 19 heavy (non-hydrogen) atoms. The van der Waals surface area contributed by atoms with Gasteiger partial charge in [-0.1, -0.05) is 37.7 Å². The van der Waals surface area contributed by atoms with Crippen LogP contribution in [-0.4, -0.2) is 15.8 Å². The highest BCUT2D eigenvalue weighted by molar-refractivity contribution is 7.81. The molecule has 0 spiro atoms. The molecule has 1 amide bonds. The maximum Gasteiger partial charge on any atom is 0.258 e. The molecule has 1 aliphatic rings. The smallest absolute Gasteiger partial charge is 0.258 e. The van der Waals surface area contributed by atoms with E-state index in [1.54, 1.807) is 0 Å². The van der Waals surface area contributed by atoms with Gasteiger partial charge in [0.1, 0.15) is 0 Å². The van der Waals surface area contributed by atoms with Crippen LogP contribution in [0.1, 0.15) is 38.0 Å². The minimum Gasteiger partial charge on any atom is -0.298 e. The Balaban J connectivity index is 2.12. The second-order valence-corrected chi connectivity index (χ2v) is 6.37. The number of hydrogen-bond donors (Lipinski definition) is 1. The first kappa shape index (κ1) is 14.1. The van der Waals surface area contributed by atoms with Gasteiger partial charge >= 0.3 is 0 Å². The fraction of sp³-hybridized carbons (Fsp3) is 0.357. The third kappa shape index (κ3) is 3.36. The second-order valence-electron chi connectivity index (χ2n) is 4.81. The van der Waals surface area contributed by atoms with Crippen molar-refractivity contribution in [2.45, 2.75) is 33.1 Å². The van der Waals surface area contributed by atoms with E-state index < -0.39 is 0 Å². The highest BCUT2D eigenvalue weighted by atomic mass is 32.1. The predicted octanol–water partition coefficient (Wildman–Crippen LogP) is 3.85. The summed E-state index contributed by atoms with van der Waals surface area (Å²) in [5.41, 5.74) is 1.65. The van der Waals surface area contributed by atoms with Gasteiger partial charge in [0.05, 0.1) is 5.57 Å². The summed E-state index contributed by atoms with van der Waals surface area (Å²) in [4.78, 5) is 18.2. The summed E-state index contributed by atoms with van der Waals surface area (Å²) in [5.74, 6) is 0.255. The number of thiazole rings is 1. The van der Waals surface area contributed by atoms with E-state index in [1.165, 1.54) is 11.3 Å². The van der Waals surface area contributed by atoms with Crippen LogP contribution in [0.2, 0.25) is 0 Å². The van der Waals surface area contributed by atoms with E-state index in [1.807, 2.05) is 25.3 Å². The molecule has 0 bridgehead atoms. The summed E-state index contributed by atoms with van der Waals surface area (Å²) in [6.45, 7) is 6.17.